The van der Waals surface area contributed by atoms with Gasteiger partial charge >= 0.3 is 0 Å². The van der Waals surface area contributed by atoms with Crippen LogP contribution in [0.1, 0.15) is 45.1 Å². The molecule has 0 heterocycles. The van der Waals surface area contributed by atoms with E-state index in [1.54, 1.807) is 6.92 Å². The molecule has 1 aromatic rings. The van der Waals surface area contributed by atoms with Gasteiger partial charge < -0.3 is 10.1 Å². The number of benzene rings is 1. The molecule has 1 aliphatic carbocycles. The van der Waals surface area contributed by atoms with Crippen LogP contribution in [-0.4, -0.2) is 18.1 Å². The molecule has 0 bridgehead atoms. The maximum atomic E-state index is 11.8. The first kappa shape index (κ1) is 12.9. The van der Waals surface area contributed by atoms with Gasteiger partial charge in [0, 0.05) is 6.04 Å². The third-order valence-corrected chi connectivity index (χ3v) is 3.13. The number of nitrogens with one attached hydrogen (secondary N) is 1. The number of amides is 1. The summed E-state index contributed by atoms with van der Waals surface area (Å²) < 4.78 is 5.68. The van der Waals surface area contributed by atoms with Gasteiger partial charge in [0.2, 0.25) is 0 Å². The second-order valence-electron chi connectivity index (χ2n) is 5.27. The highest BCUT2D eigenvalue weighted by Crippen LogP contribution is 2.22. The standard InChI is InChI=1S/C15H21NO2/c1-10(2)12-5-4-6-14(9-12)18-11(3)15(17)16-13-7-8-13/h4-6,9-11,13H,7-8H2,1-3H3,(H,16,17). The van der Waals surface area contributed by atoms with E-state index in [0.29, 0.717) is 12.0 Å². The highest BCUT2D eigenvalue weighted by atomic mass is 16.5. The molecule has 3 nitrogen and oxygen atoms in total. The van der Waals surface area contributed by atoms with Crippen molar-refractivity contribution in [1.82, 2.24) is 5.32 Å². The van der Waals surface area contributed by atoms with Crippen LogP contribution in [0.4, 0.5) is 0 Å². The first-order chi connectivity index (χ1) is 8.56. The second-order valence-corrected chi connectivity index (χ2v) is 5.27. The summed E-state index contributed by atoms with van der Waals surface area (Å²) in [6.45, 7) is 6.07. The predicted molar refractivity (Wildman–Crippen MR) is 71.8 cm³/mol. The van der Waals surface area contributed by atoms with Crippen molar-refractivity contribution in [3.05, 3.63) is 29.8 Å². The van der Waals surface area contributed by atoms with Crippen LogP contribution in [0.3, 0.4) is 0 Å². The van der Waals surface area contributed by atoms with Crippen molar-refractivity contribution in [2.75, 3.05) is 0 Å². The minimum absolute atomic E-state index is 0.0209. The second kappa shape index (κ2) is 5.42. The molecule has 1 aliphatic rings. The Bertz CT molecular complexity index is 424. The quantitative estimate of drug-likeness (QED) is 0.869. The monoisotopic (exact) mass is 247 g/mol. The average molecular weight is 247 g/mol. The Balaban J connectivity index is 1.94. The molecule has 0 saturated heterocycles. The van der Waals surface area contributed by atoms with Gasteiger partial charge in [0.1, 0.15) is 5.75 Å². The maximum absolute atomic E-state index is 11.8. The van der Waals surface area contributed by atoms with Gasteiger partial charge in [0.25, 0.3) is 5.91 Å². The van der Waals surface area contributed by atoms with Gasteiger partial charge in [-0.15, -0.1) is 0 Å². The molecule has 3 heteroatoms. The highest BCUT2D eigenvalue weighted by Gasteiger charge is 2.26. The van der Waals surface area contributed by atoms with E-state index in [4.69, 9.17) is 4.74 Å². The van der Waals surface area contributed by atoms with Gasteiger partial charge in [-0.25, -0.2) is 0 Å². The number of ether oxygens (including phenoxy) is 1. The fraction of sp³-hybridized carbons (Fsp3) is 0.533. The van der Waals surface area contributed by atoms with E-state index < -0.39 is 6.10 Å². The van der Waals surface area contributed by atoms with Crippen molar-refractivity contribution in [3.8, 4) is 5.75 Å². The molecule has 1 amide bonds. The molecule has 0 radical (unpaired) electrons. The first-order valence-electron chi connectivity index (χ1n) is 6.63. The molecule has 1 fully saturated rings. The lowest BCUT2D eigenvalue weighted by Crippen LogP contribution is -2.37. The molecule has 98 valence electrons. The molecule has 1 saturated carbocycles. The van der Waals surface area contributed by atoms with Crippen molar-refractivity contribution in [2.45, 2.75) is 51.7 Å². The van der Waals surface area contributed by atoms with Crippen molar-refractivity contribution in [2.24, 2.45) is 0 Å². The van der Waals surface area contributed by atoms with Crippen LogP contribution in [0, 0.1) is 0 Å². The van der Waals surface area contributed by atoms with E-state index in [1.807, 2.05) is 18.2 Å². The first-order valence-corrected chi connectivity index (χ1v) is 6.63. The normalized spacial score (nSPS) is 16.4. The molecule has 1 N–H and O–H groups in total. The molecule has 0 spiro atoms. The highest BCUT2D eigenvalue weighted by molar-refractivity contribution is 5.81. The Kier molecular flexibility index (Phi) is 3.90. The molecule has 1 unspecified atom stereocenters. The fourth-order valence-corrected chi connectivity index (χ4v) is 1.75. The molecular formula is C15H21NO2. The molecule has 1 aromatic carbocycles. The maximum Gasteiger partial charge on any atom is 0.260 e. The third-order valence-electron chi connectivity index (χ3n) is 3.13. The largest absolute Gasteiger partial charge is 0.481 e. The molecule has 18 heavy (non-hydrogen) atoms. The zero-order valence-electron chi connectivity index (χ0n) is 11.3. The Hall–Kier alpha value is -1.51. The third kappa shape index (κ3) is 3.49. The summed E-state index contributed by atoms with van der Waals surface area (Å²) in [5.74, 6) is 1.20. The number of carbonyl (C=O) groups excluding carboxylic acids is 1. The van der Waals surface area contributed by atoms with Crippen LogP contribution in [0.5, 0.6) is 5.75 Å². The van der Waals surface area contributed by atoms with Crippen molar-refractivity contribution >= 4 is 5.91 Å². The predicted octanol–water partition coefficient (Wildman–Crippen LogP) is 2.86. The zero-order chi connectivity index (χ0) is 13.1. The minimum Gasteiger partial charge on any atom is -0.481 e. The topological polar surface area (TPSA) is 38.3 Å². The summed E-state index contributed by atoms with van der Waals surface area (Å²) >= 11 is 0. The smallest absolute Gasteiger partial charge is 0.260 e. The van der Waals surface area contributed by atoms with Crippen LogP contribution in [0.25, 0.3) is 0 Å². The number of rotatable bonds is 5. The summed E-state index contributed by atoms with van der Waals surface area (Å²) in [4.78, 5) is 11.8. The summed E-state index contributed by atoms with van der Waals surface area (Å²) in [5, 5.41) is 2.95. The van der Waals surface area contributed by atoms with Crippen LogP contribution in [-0.2, 0) is 4.79 Å². The van der Waals surface area contributed by atoms with Crippen LogP contribution < -0.4 is 10.1 Å². The van der Waals surface area contributed by atoms with Crippen molar-refractivity contribution < 1.29 is 9.53 Å². The Morgan fingerprint density at radius 2 is 2.06 bits per heavy atom. The number of hydrogen-bond acceptors (Lipinski definition) is 2. The van der Waals surface area contributed by atoms with E-state index in [0.717, 1.165) is 18.6 Å². The molecule has 1 atom stereocenters. The van der Waals surface area contributed by atoms with Gasteiger partial charge in [-0.3, -0.25) is 4.79 Å². The van der Waals surface area contributed by atoms with Gasteiger partial charge in [0.15, 0.2) is 6.10 Å². The van der Waals surface area contributed by atoms with Crippen molar-refractivity contribution in [3.63, 3.8) is 0 Å². The lowest BCUT2D eigenvalue weighted by atomic mass is 10.0. The molecule has 0 aliphatic heterocycles. The van der Waals surface area contributed by atoms with E-state index in [1.165, 1.54) is 5.56 Å². The van der Waals surface area contributed by atoms with Crippen LogP contribution >= 0.6 is 0 Å². The molecule has 2 rings (SSSR count). The zero-order valence-corrected chi connectivity index (χ0v) is 11.3. The summed E-state index contributed by atoms with van der Waals surface area (Å²) in [5.41, 5.74) is 1.22. The molecular weight excluding hydrogens is 226 g/mol. The summed E-state index contributed by atoms with van der Waals surface area (Å²) in [6, 6.07) is 8.33. The summed E-state index contributed by atoms with van der Waals surface area (Å²) in [6.07, 6.45) is 1.76. The molecule has 0 aromatic heterocycles. The van der Waals surface area contributed by atoms with E-state index in [9.17, 15) is 4.79 Å². The van der Waals surface area contributed by atoms with E-state index in [2.05, 4.69) is 25.2 Å². The Morgan fingerprint density at radius 1 is 1.33 bits per heavy atom. The van der Waals surface area contributed by atoms with Gasteiger partial charge in [0.05, 0.1) is 0 Å². The summed E-state index contributed by atoms with van der Waals surface area (Å²) in [7, 11) is 0. The average Bonchev–Trinajstić information content (AvgIpc) is 3.13. The minimum atomic E-state index is -0.437. The number of carbonyl (C=O) groups is 1. The van der Waals surface area contributed by atoms with Gasteiger partial charge in [-0.05, 0) is 43.4 Å². The van der Waals surface area contributed by atoms with E-state index in [-0.39, 0.29) is 5.91 Å². The van der Waals surface area contributed by atoms with Crippen molar-refractivity contribution in [1.29, 1.82) is 0 Å². The Labute approximate surface area is 109 Å². The SMILES string of the molecule is CC(Oc1cccc(C(C)C)c1)C(=O)NC1CC1. The Morgan fingerprint density at radius 3 is 2.67 bits per heavy atom. The van der Waals surface area contributed by atoms with Gasteiger partial charge in [-0.2, -0.15) is 0 Å². The van der Waals surface area contributed by atoms with Crippen LogP contribution in [0.15, 0.2) is 24.3 Å². The van der Waals surface area contributed by atoms with Gasteiger partial charge in [-0.1, -0.05) is 26.0 Å². The lowest BCUT2D eigenvalue weighted by molar-refractivity contribution is -0.127. The fourth-order valence-electron chi connectivity index (χ4n) is 1.75. The number of hydrogen-bond donors (Lipinski definition) is 1. The van der Waals surface area contributed by atoms with E-state index >= 15 is 0 Å². The van der Waals surface area contributed by atoms with Crippen LogP contribution in [0.2, 0.25) is 0 Å². The lowest BCUT2D eigenvalue weighted by Gasteiger charge is -2.15.